The van der Waals surface area contributed by atoms with E-state index in [-0.39, 0.29) is 16.9 Å². The standard InChI is InChI=1S/C14H11BrClFN2O2/c1-6-2-8(15)12(4-9(6)16)19-13-3-7(14(20)21)11(18)5-10(13)17/h2-5,19H,18H2,1H3,(H,20,21). The van der Waals surface area contributed by atoms with E-state index in [2.05, 4.69) is 21.2 Å². The van der Waals surface area contributed by atoms with Crippen LogP contribution in [0.4, 0.5) is 21.5 Å². The van der Waals surface area contributed by atoms with E-state index in [4.69, 9.17) is 22.4 Å². The number of hydrogen-bond donors (Lipinski definition) is 3. The molecular formula is C14H11BrClFN2O2. The summed E-state index contributed by atoms with van der Waals surface area (Å²) in [5.41, 5.74) is 6.55. The van der Waals surface area contributed by atoms with Crippen LogP contribution in [0, 0.1) is 12.7 Å². The van der Waals surface area contributed by atoms with Crippen molar-refractivity contribution in [3.05, 3.63) is 50.7 Å². The lowest BCUT2D eigenvalue weighted by Crippen LogP contribution is -2.05. The minimum absolute atomic E-state index is 0.00206. The van der Waals surface area contributed by atoms with Gasteiger partial charge in [-0.3, -0.25) is 0 Å². The Balaban J connectivity index is 2.47. The lowest BCUT2D eigenvalue weighted by Gasteiger charge is -2.13. The van der Waals surface area contributed by atoms with E-state index < -0.39 is 11.8 Å². The number of hydrogen-bond acceptors (Lipinski definition) is 3. The van der Waals surface area contributed by atoms with E-state index in [9.17, 15) is 9.18 Å². The number of nitrogen functional groups attached to an aromatic ring is 1. The second-order valence-corrected chi connectivity index (χ2v) is 5.69. The summed E-state index contributed by atoms with van der Waals surface area (Å²) in [7, 11) is 0. The van der Waals surface area contributed by atoms with E-state index in [0.29, 0.717) is 15.2 Å². The summed E-state index contributed by atoms with van der Waals surface area (Å²) in [4.78, 5) is 11.0. The molecule has 110 valence electrons. The van der Waals surface area contributed by atoms with E-state index in [1.54, 1.807) is 12.1 Å². The molecule has 0 fully saturated rings. The Bertz CT molecular complexity index is 737. The minimum Gasteiger partial charge on any atom is -0.478 e. The molecule has 0 heterocycles. The zero-order valence-corrected chi connectivity index (χ0v) is 13.2. The van der Waals surface area contributed by atoms with Gasteiger partial charge in [0.1, 0.15) is 5.82 Å². The number of rotatable bonds is 3. The van der Waals surface area contributed by atoms with Gasteiger partial charge in [-0.2, -0.15) is 0 Å². The first-order valence-electron chi connectivity index (χ1n) is 5.84. The SMILES string of the molecule is Cc1cc(Br)c(Nc2cc(C(=O)O)c(N)cc2F)cc1Cl. The molecule has 0 aliphatic carbocycles. The molecule has 0 saturated heterocycles. The molecule has 2 rings (SSSR count). The molecule has 0 aliphatic heterocycles. The number of aryl methyl sites for hydroxylation is 1. The maximum absolute atomic E-state index is 13.9. The highest BCUT2D eigenvalue weighted by Crippen LogP contribution is 2.33. The van der Waals surface area contributed by atoms with Crippen LogP contribution in [0.1, 0.15) is 15.9 Å². The van der Waals surface area contributed by atoms with Gasteiger partial charge in [-0.1, -0.05) is 11.6 Å². The fourth-order valence-electron chi connectivity index (χ4n) is 1.76. The van der Waals surface area contributed by atoms with Crippen molar-refractivity contribution in [2.75, 3.05) is 11.1 Å². The summed E-state index contributed by atoms with van der Waals surface area (Å²) in [6.45, 7) is 1.84. The summed E-state index contributed by atoms with van der Waals surface area (Å²) in [6.07, 6.45) is 0. The van der Waals surface area contributed by atoms with Gasteiger partial charge in [-0.25, -0.2) is 9.18 Å². The van der Waals surface area contributed by atoms with Crippen molar-refractivity contribution in [2.45, 2.75) is 6.92 Å². The van der Waals surface area contributed by atoms with Gasteiger partial charge < -0.3 is 16.2 Å². The Morgan fingerprint density at radius 3 is 2.62 bits per heavy atom. The minimum atomic E-state index is -1.23. The van der Waals surface area contributed by atoms with Crippen LogP contribution < -0.4 is 11.1 Å². The van der Waals surface area contributed by atoms with Crippen molar-refractivity contribution < 1.29 is 14.3 Å². The fourth-order valence-corrected chi connectivity index (χ4v) is 2.48. The summed E-state index contributed by atoms with van der Waals surface area (Å²) >= 11 is 9.37. The highest BCUT2D eigenvalue weighted by atomic mass is 79.9. The predicted octanol–water partition coefficient (Wildman–Crippen LogP) is 4.57. The van der Waals surface area contributed by atoms with Gasteiger partial charge in [0.25, 0.3) is 0 Å². The molecule has 0 radical (unpaired) electrons. The topological polar surface area (TPSA) is 75.3 Å². The van der Waals surface area contributed by atoms with Gasteiger partial charge in [0, 0.05) is 15.2 Å². The number of carboxylic acid groups (broad SMARTS) is 1. The van der Waals surface area contributed by atoms with Gasteiger partial charge in [0.05, 0.1) is 16.9 Å². The van der Waals surface area contributed by atoms with Crippen LogP contribution in [0.5, 0.6) is 0 Å². The molecule has 0 atom stereocenters. The van der Waals surface area contributed by atoms with E-state index in [1.807, 2.05) is 6.92 Å². The summed E-state index contributed by atoms with van der Waals surface area (Å²) in [6, 6.07) is 5.51. The first-order chi connectivity index (χ1) is 9.79. The number of nitrogens with two attached hydrogens (primary N) is 1. The van der Waals surface area contributed by atoms with Crippen LogP contribution in [0.3, 0.4) is 0 Å². The molecule has 4 N–H and O–H groups in total. The normalized spacial score (nSPS) is 10.5. The number of aromatic carboxylic acids is 1. The van der Waals surface area contributed by atoms with Crippen LogP contribution in [0.25, 0.3) is 0 Å². The molecule has 2 aromatic carbocycles. The molecule has 2 aromatic rings. The second-order valence-electron chi connectivity index (χ2n) is 4.43. The Morgan fingerprint density at radius 1 is 1.33 bits per heavy atom. The molecule has 0 amide bonds. The average molecular weight is 374 g/mol. The summed E-state index contributed by atoms with van der Waals surface area (Å²) < 4.78 is 14.6. The molecule has 0 aromatic heterocycles. The average Bonchev–Trinajstić information content (AvgIpc) is 2.38. The monoisotopic (exact) mass is 372 g/mol. The third kappa shape index (κ3) is 3.28. The molecule has 7 heteroatoms. The van der Waals surface area contributed by atoms with Crippen molar-refractivity contribution >= 4 is 50.6 Å². The third-order valence-corrected chi connectivity index (χ3v) is 3.95. The van der Waals surface area contributed by atoms with Crippen molar-refractivity contribution in [2.24, 2.45) is 0 Å². The Labute approximate surface area is 133 Å². The van der Waals surface area contributed by atoms with Crippen LogP contribution in [-0.4, -0.2) is 11.1 Å². The molecular weight excluding hydrogens is 363 g/mol. The van der Waals surface area contributed by atoms with Crippen LogP contribution in [-0.2, 0) is 0 Å². The summed E-state index contributed by atoms with van der Waals surface area (Å²) in [5.74, 6) is -1.88. The van der Waals surface area contributed by atoms with E-state index in [1.165, 1.54) is 0 Å². The number of carboxylic acids is 1. The van der Waals surface area contributed by atoms with Gasteiger partial charge in [0.2, 0.25) is 0 Å². The van der Waals surface area contributed by atoms with Gasteiger partial charge in [-0.15, -0.1) is 0 Å². The highest BCUT2D eigenvalue weighted by Gasteiger charge is 2.14. The van der Waals surface area contributed by atoms with Gasteiger partial charge in [0.15, 0.2) is 0 Å². The zero-order valence-electron chi connectivity index (χ0n) is 10.9. The number of nitrogens with one attached hydrogen (secondary N) is 1. The Hall–Kier alpha value is -1.79. The second kappa shape index (κ2) is 5.91. The molecule has 0 unspecified atom stereocenters. The molecule has 4 nitrogen and oxygen atoms in total. The zero-order chi connectivity index (χ0) is 15.7. The lowest BCUT2D eigenvalue weighted by atomic mass is 10.1. The van der Waals surface area contributed by atoms with Crippen LogP contribution >= 0.6 is 27.5 Å². The van der Waals surface area contributed by atoms with E-state index >= 15 is 0 Å². The molecule has 0 spiro atoms. The largest absolute Gasteiger partial charge is 0.478 e. The smallest absolute Gasteiger partial charge is 0.337 e. The van der Waals surface area contributed by atoms with Crippen LogP contribution in [0.2, 0.25) is 5.02 Å². The first-order valence-corrected chi connectivity index (χ1v) is 7.01. The van der Waals surface area contributed by atoms with Gasteiger partial charge in [-0.05, 0) is 52.7 Å². The van der Waals surface area contributed by atoms with Crippen molar-refractivity contribution in [3.8, 4) is 0 Å². The summed E-state index contributed by atoms with van der Waals surface area (Å²) in [5, 5.41) is 12.3. The molecule has 21 heavy (non-hydrogen) atoms. The third-order valence-electron chi connectivity index (χ3n) is 2.89. The van der Waals surface area contributed by atoms with Gasteiger partial charge >= 0.3 is 5.97 Å². The predicted molar refractivity (Wildman–Crippen MR) is 84.9 cm³/mol. The number of halogens is 3. The molecule has 0 saturated carbocycles. The first kappa shape index (κ1) is 15.6. The maximum Gasteiger partial charge on any atom is 0.337 e. The van der Waals surface area contributed by atoms with Crippen molar-refractivity contribution in [1.82, 2.24) is 0 Å². The van der Waals surface area contributed by atoms with Crippen molar-refractivity contribution in [1.29, 1.82) is 0 Å². The Kier molecular flexibility index (Phi) is 4.39. The quantitative estimate of drug-likeness (QED) is 0.689. The molecule has 0 bridgehead atoms. The number of benzene rings is 2. The van der Waals surface area contributed by atoms with Crippen molar-refractivity contribution in [3.63, 3.8) is 0 Å². The number of anilines is 3. The maximum atomic E-state index is 13.9. The van der Waals surface area contributed by atoms with E-state index in [0.717, 1.165) is 17.7 Å². The highest BCUT2D eigenvalue weighted by molar-refractivity contribution is 9.10. The molecule has 0 aliphatic rings. The Morgan fingerprint density at radius 2 is 2.00 bits per heavy atom. The lowest BCUT2D eigenvalue weighted by molar-refractivity contribution is 0.0698. The fraction of sp³-hybridized carbons (Fsp3) is 0.0714. The van der Waals surface area contributed by atoms with Crippen LogP contribution in [0.15, 0.2) is 28.7 Å². The number of carbonyl (C=O) groups is 1.